The summed E-state index contributed by atoms with van der Waals surface area (Å²) < 4.78 is 18.7. The molecule has 0 amide bonds. The quantitative estimate of drug-likeness (QED) is 0.810. The van der Waals surface area contributed by atoms with Crippen molar-refractivity contribution in [3.8, 4) is 0 Å². The summed E-state index contributed by atoms with van der Waals surface area (Å²) in [7, 11) is 0. The van der Waals surface area contributed by atoms with Gasteiger partial charge in [0.1, 0.15) is 11.4 Å². The third-order valence-corrected chi connectivity index (χ3v) is 2.19. The van der Waals surface area contributed by atoms with E-state index in [1.807, 2.05) is 6.92 Å². The summed E-state index contributed by atoms with van der Waals surface area (Å²) in [6, 6.07) is 4.87. The highest BCUT2D eigenvalue weighted by atomic mass is 19.1. The van der Waals surface area contributed by atoms with Crippen molar-refractivity contribution in [3.05, 3.63) is 35.8 Å². The highest BCUT2D eigenvalue weighted by Gasteiger charge is 2.09. The Morgan fingerprint density at radius 2 is 2.29 bits per heavy atom. The van der Waals surface area contributed by atoms with Crippen LogP contribution in [0.15, 0.2) is 28.9 Å². The Kier molecular flexibility index (Phi) is 2.50. The van der Waals surface area contributed by atoms with Gasteiger partial charge in [-0.25, -0.2) is 4.39 Å². The van der Waals surface area contributed by atoms with Crippen LogP contribution < -0.4 is 5.32 Å². The molecule has 0 bridgehead atoms. The fourth-order valence-electron chi connectivity index (χ4n) is 1.50. The predicted octanol–water partition coefficient (Wildman–Crippen LogP) is 2.68. The van der Waals surface area contributed by atoms with Gasteiger partial charge in [-0.2, -0.15) is 0 Å². The smallest absolute Gasteiger partial charge is 0.137 e. The Balaban J connectivity index is 2.45. The summed E-state index contributed by atoms with van der Waals surface area (Å²) in [5.74, 6) is -0.218. The van der Waals surface area contributed by atoms with E-state index in [2.05, 4.69) is 5.32 Å². The molecule has 3 heteroatoms. The third kappa shape index (κ3) is 1.51. The van der Waals surface area contributed by atoms with Gasteiger partial charge in [0.2, 0.25) is 0 Å². The molecule has 74 valence electrons. The summed E-state index contributed by atoms with van der Waals surface area (Å²) in [5.41, 5.74) is 1.48. The Bertz CT molecular complexity index is 436. The van der Waals surface area contributed by atoms with Crippen LogP contribution in [0.2, 0.25) is 0 Å². The first-order valence-electron chi connectivity index (χ1n) is 4.68. The number of fused-ring (bicyclic) bond motifs is 1. The molecule has 1 aromatic heterocycles. The van der Waals surface area contributed by atoms with Crippen molar-refractivity contribution in [1.82, 2.24) is 5.32 Å². The number of hydrogen-bond acceptors (Lipinski definition) is 2. The van der Waals surface area contributed by atoms with E-state index in [4.69, 9.17) is 4.42 Å². The molecule has 1 N–H and O–H groups in total. The highest BCUT2D eigenvalue weighted by Crippen LogP contribution is 2.23. The second kappa shape index (κ2) is 3.80. The van der Waals surface area contributed by atoms with E-state index < -0.39 is 0 Å². The normalized spacial score (nSPS) is 11.0. The fraction of sp³-hybridized carbons (Fsp3) is 0.273. The van der Waals surface area contributed by atoms with Crippen molar-refractivity contribution in [1.29, 1.82) is 0 Å². The molecule has 1 aromatic carbocycles. The molecule has 0 aliphatic heterocycles. The van der Waals surface area contributed by atoms with Crippen molar-refractivity contribution in [3.63, 3.8) is 0 Å². The number of furan rings is 1. The number of rotatable bonds is 3. The van der Waals surface area contributed by atoms with Crippen LogP contribution in [0, 0.1) is 5.82 Å². The fourth-order valence-corrected chi connectivity index (χ4v) is 1.50. The molecule has 0 fully saturated rings. The third-order valence-electron chi connectivity index (χ3n) is 2.19. The Labute approximate surface area is 81.7 Å². The Morgan fingerprint density at radius 3 is 3.07 bits per heavy atom. The summed E-state index contributed by atoms with van der Waals surface area (Å²) in [4.78, 5) is 0. The first-order chi connectivity index (χ1) is 6.83. The molecule has 2 rings (SSSR count). The van der Waals surface area contributed by atoms with E-state index in [1.54, 1.807) is 18.4 Å². The van der Waals surface area contributed by atoms with Gasteiger partial charge in [0.25, 0.3) is 0 Å². The minimum atomic E-state index is -0.218. The van der Waals surface area contributed by atoms with Crippen molar-refractivity contribution >= 4 is 11.0 Å². The molecule has 1 heterocycles. The maximum absolute atomic E-state index is 13.4. The van der Waals surface area contributed by atoms with Crippen LogP contribution in [0.1, 0.15) is 12.5 Å². The Hall–Kier alpha value is -1.35. The van der Waals surface area contributed by atoms with Gasteiger partial charge in [-0.1, -0.05) is 13.0 Å². The van der Waals surface area contributed by atoms with E-state index in [-0.39, 0.29) is 5.82 Å². The SMILES string of the molecule is CCNCc1coc2cccc(F)c12. The molecule has 0 saturated carbocycles. The van der Waals surface area contributed by atoms with Gasteiger partial charge < -0.3 is 9.73 Å². The van der Waals surface area contributed by atoms with Crippen molar-refractivity contribution in [2.45, 2.75) is 13.5 Å². The molecular weight excluding hydrogens is 181 g/mol. The van der Waals surface area contributed by atoms with Gasteiger partial charge in [0, 0.05) is 12.1 Å². The predicted molar refractivity (Wildman–Crippen MR) is 53.6 cm³/mol. The van der Waals surface area contributed by atoms with Crippen LogP contribution in [-0.2, 0) is 6.54 Å². The maximum atomic E-state index is 13.4. The molecule has 0 unspecified atom stereocenters. The maximum Gasteiger partial charge on any atom is 0.137 e. The molecule has 2 nitrogen and oxygen atoms in total. The molecule has 0 radical (unpaired) electrons. The average molecular weight is 193 g/mol. The number of benzene rings is 1. The lowest BCUT2D eigenvalue weighted by molar-refractivity contribution is 0.603. The minimum absolute atomic E-state index is 0.218. The van der Waals surface area contributed by atoms with E-state index in [1.165, 1.54) is 6.07 Å². The van der Waals surface area contributed by atoms with Gasteiger partial charge >= 0.3 is 0 Å². The molecule has 14 heavy (non-hydrogen) atoms. The van der Waals surface area contributed by atoms with Crippen LogP contribution in [-0.4, -0.2) is 6.54 Å². The second-order valence-electron chi connectivity index (χ2n) is 3.15. The van der Waals surface area contributed by atoms with Gasteiger partial charge in [-0.3, -0.25) is 0 Å². The molecule has 0 atom stereocenters. The van der Waals surface area contributed by atoms with Crippen LogP contribution in [0.25, 0.3) is 11.0 Å². The lowest BCUT2D eigenvalue weighted by Gasteiger charge is -1.98. The van der Waals surface area contributed by atoms with Crippen molar-refractivity contribution in [2.75, 3.05) is 6.54 Å². The summed E-state index contributed by atoms with van der Waals surface area (Å²) in [6.07, 6.45) is 1.61. The van der Waals surface area contributed by atoms with Crippen LogP contribution in [0.3, 0.4) is 0 Å². The Morgan fingerprint density at radius 1 is 1.43 bits per heavy atom. The van der Waals surface area contributed by atoms with E-state index in [0.717, 1.165) is 12.1 Å². The zero-order valence-electron chi connectivity index (χ0n) is 8.01. The van der Waals surface area contributed by atoms with Crippen LogP contribution >= 0.6 is 0 Å². The zero-order valence-corrected chi connectivity index (χ0v) is 8.01. The lowest BCUT2D eigenvalue weighted by Crippen LogP contribution is -2.11. The molecular formula is C11H12FNO. The van der Waals surface area contributed by atoms with E-state index >= 15 is 0 Å². The summed E-state index contributed by atoms with van der Waals surface area (Å²) in [5, 5.41) is 3.73. The van der Waals surface area contributed by atoms with Gasteiger partial charge in [0.05, 0.1) is 11.6 Å². The summed E-state index contributed by atoms with van der Waals surface area (Å²) >= 11 is 0. The van der Waals surface area contributed by atoms with Crippen molar-refractivity contribution < 1.29 is 8.81 Å². The van der Waals surface area contributed by atoms with E-state index in [0.29, 0.717) is 17.5 Å². The number of hydrogen-bond donors (Lipinski definition) is 1. The molecule has 0 spiro atoms. The molecule has 0 aliphatic rings. The minimum Gasteiger partial charge on any atom is -0.464 e. The number of halogens is 1. The van der Waals surface area contributed by atoms with Crippen molar-refractivity contribution in [2.24, 2.45) is 0 Å². The average Bonchev–Trinajstić information content (AvgIpc) is 2.59. The first-order valence-corrected chi connectivity index (χ1v) is 4.68. The van der Waals surface area contributed by atoms with E-state index in [9.17, 15) is 4.39 Å². The lowest BCUT2D eigenvalue weighted by atomic mass is 10.1. The van der Waals surface area contributed by atoms with Gasteiger partial charge in [-0.05, 0) is 18.7 Å². The topological polar surface area (TPSA) is 25.2 Å². The highest BCUT2D eigenvalue weighted by molar-refractivity contribution is 5.81. The molecule has 0 aliphatic carbocycles. The standard InChI is InChI=1S/C11H12FNO/c1-2-13-6-8-7-14-10-5-3-4-9(12)11(8)10/h3-5,7,13H,2,6H2,1H3. The van der Waals surface area contributed by atoms with Crippen LogP contribution in [0.4, 0.5) is 4.39 Å². The molecule has 2 aromatic rings. The second-order valence-corrected chi connectivity index (χ2v) is 3.15. The molecule has 0 saturated heterocycles. The van der Waals surface area contributed by atoms with Crippen LogP contribution in [0.5, 0.6) is 0 Å². The largest absolute Gasteiger partial charge is 0.464 e. The zero-order chi connectivity index (χ0) is 9.97. The number of nitrogens with one attached hydrogen (secondary N) is 1. The summed E-state index contributed by atoms with van der Waals surface area (Å²) in [6.45, 7) is 3.52. The monoisotopic (exact) mass is 193 g/mol. The van der Waals surface area contributed by atoms with Gasteiger partial charge in [-0.15, -0.1) is 0 Å². The first kappa shape index (κ1) is 9.21. The van der Waals surface area contributed by atoms with Gasteiger partial charge in [0.15, 0.2) is 0 Å².